The lowest BCUT2D eigenvalue weighted by Gasteiger charge is -2.30. The Morgan fingerprint density at radius 2 is 2.10 bits per heavy atom. The molecule has 5 heteroatoms. The second-order valence-corrected chi connectivity index (χ2v) is 5.35. The average molecular weight is 276 g/mol. The fraction of sp³-hybridized carbons (Fsp3) is 0.400. The molecule has 0 spiro atoms. The van der Waals surface area contributed by atoms with Crippen LogP contribution in [-0.2, 0) is 0 Å². The van der Waals surface area contributed by atoms with Gasteiger partial charge in [-0.3, -0.25) is 4.98 Å². The molecule has 0 bridgehead atoms. The lowest BCUT2D eigenvalue weighted by molar-refractivity contribution is 0.255. The van der Waals surface area contributed by atoms with E-state index in [9.17, 15) is 9.18 Å². The zero-order valence-electron chi connectivity index (χ0n) is 11.4. The first-order valence-electron chi connectivity index (χ1n) is 6.80. The molecule has 0 atom stereocenters. The van der Waals surface area contributed by atoms with Crippen LogP contribution in [0.4, 0.5) is 4.39 Å². The van der Waals surface area contributed by atoms with Crippen molar-refractivity contribution in [1.82, 2.24) is 9.88 Å². The fourth-order valence-corrected chi connectivity index (χ4v) is 2.83. The van der Waals surface area contributed by atoms with Crippen LogP contribution < -0.4 is 5.76 Å². The van der Waals surface area contributed by atoms with Crippen LogP contribution in [-0.4, -0.2) is 30.0 Å². The van der Waals surface area contributed by atoms with Gasteiger partial charge in [0.15, 0.2) is 5.76 Å². The number of rotatable bonds is 2. The number of hydrogen-bond donors (Lipinski definition) is 1. The number of likely N-dealkylation sites (tertiary alicyclic amines) is 1. The molecule has 2 heterocycles. The molecule has 2 aromatic rings. The summed E-state index contributed by atoms with van der Waals surface area (Å²) in [7, 11) is 2.09. The molecule has 0 unspecified atom stereocenters. The Morgan fingerprint density at radius 1 is 1.35 bits per heavy atom. The van der Waals surface area contributed by atoms with E-state index in [1.165, 1.54) is 12.3 Å². The van der Waals surface area contributed by atoms with Gasteiger partial charge in [0.25, 0.3) is 0 Å². The quantitative estimate of drug-likeness (QED) is 0.917. The highest BCUT2D eigenvalue weighted by molar-refractivity contribution is 5.62. The Morgan fingerprint density at radius 3 is 2.75 bits per heavy atom. The summed E-state index contributed by atoms with van der Waals surface area (Å²) in [6.07, 6.45) is 3.51. The van der Waals surface area contributed by atoms with Gasteiger partial charge in [0.1, 0.15) is 5.82 Å². The van der Waals surface area contributed by atoms with Crippen LogP contribution in [0.1, 0.15) is 24.3 Å². The van der Waals surface area contributed by atoms with E-state index in [1.807, 2.05) is 0 Å². The summed E-state index contributed by atoms with van der Waals surface area (Å²) in [6, 6.07) is 4.66. The van der Waals surface area contributed by atoms with Crippen LogP contribution >= 0.6 is 0 Å². The highest BCUT2D eigenvalue weighted by Crippen LogP contribution is 2.35. The summed E-state index contributed by atoms with van der Waals surface area (Å²) in [5.74, 6) is 0.0419. The number of aromatic amines is 1. The normalized spacial score (nSPS) is 17.5. The molecule has 20 heavy (non-hydrogen) atoms. The van der Waals surface area contributed by atoms with Gasteiger partial charge in [-0.15, -0.1) is 0 Å². The third-order valence-electron chi connectivity index (χ3n) is 3.96. The largest absolute Gasteiger partial charge is 0.416 e. The first-order chi connectivity index (χ1) is 9.63. The number of aromatic nitrogens is 1. The third-order valence-corrected chi connectivity index (χ3v) is 3.96. The van der Waals surface area contributed by atoms with Gasteiger partial charge in [0, 0.05) is 5.56 Å². The highest BCUT2D eigenvalue weighted by atomic mass is 19.1. The number of halogens is 1. The highest BCUT2D eigenvalue weighted by Gasteiger charge is 2.22. The van der Waals surface area contributed by atoms with Gasteiger partial charge in [-0.25, -0.2) is 9.18 Å². The Bertz CT molecular complexity index is 654. The Hall–Kier alpha value is -1.88. The Balaban J connectivity index is 2.00. The first-order valence-corrected chi connectivity index (χ1v) is 6.80. The van der Waals surface area contributed by atoms with Crippen molar-refractivity contribution in [3.8, 4) is 11.3 Å². The molecular weight excluding hydrogens is 259 g/mol. The number of benzene rings is 1. The minimum Gasteiger partial charge on any atom is -0.408 e. The van der Waals surface area contributed by atoms with Crippen LogP contribution in [0.2, 0.25) is 0 Å². The second kappa shape index (κ2) is 5.25. The molecule has 1 aromatic heterocycles. The predicted molar refractivity (Wildman–Crippen MR) is 74.2 cm³/mol. The first kappa shape index (κ1) is 13.1. The van der Waals surface area contributed by atoms with E-state index >= 15 is 0 Å². The lowest BCUT2D eigenvalue weighted by Crippen LogP contribution is -2.29. The number of hydrogen-bond acceptors (Lipinski definition) is 3. The van der Waals surface area contributed by atoms with Crippen molar-refractivity contribution in [3.05, 3.63) is 46.3 Å². The van der Waals surface area contributed by atoms with E-state index in [4.69, 9.17) is 4.42 Å². The SMILES string of the molecule is CN1CCC(c2cc(F)ccc2-c2c[nH]c(=O)o2)CC1. The van der Waals surface area contributed by atoms with E-state index in [0.29, 0.717) is 11.7 Å². The molecule has 1 aliphatic rings. The van der Waals surface area contributed by atoms with E-state index in [-0.39, 0.29) is 5.82 Å². The van der Waals surface area contributed by atoms with Crippen molar-refractivity contribution < 1.29 is 8.81 Å². The maximum atomic E-state index is 13.6. The molecule has 1 saturated heterocycles. The standard InChI is InChI=1S/C15H17FN2O2/c1-18-6-4-10(5-7-18)13-8-11(16)2-3-12(13)14-9-17-15(19)20-14/h2-3,8-10H,4-7H2,1H3,(H,17,19). The Kier molecular flexibility index (Phi) is 3.44. The van der Waals surface area contributed by atoms with Crippen LogP contribution in [0.5, 0.6) is 0 Å². The van der Waals surface area contributed by atoms with Crippen LogP contribution in [0, 0.1) is 5.82 Å². The van der Waals surface area contributed by atoms with E-state index < -0.39 is 5.76 Å². The van der Waals surface area contributed by atoms with E-state index in [1.54, 1.807) is 12.1 Å². The summed E-state index contributed by atoms with van der Waals surface area (Å²) in [5, 5.41) is 0. The maximum absolute atomic E-state index is 13.6. The monoisotopic (exact) mass is 276 g/mol. The molecule has 1 N–H and O–H groups in total. The Labute approximate surface area is 116 Å². The number of nitrogens with zero attached hydrogens (tertiary/aromatic N) is 1. The second-order valence-electron chi connectivity index (χ2n) is 5.35. The van der Waals surface area contributed by atoms with Crippen molar-refractivity contribution in [2.24, 2.45) is 0 Å². The molecule has 0 amide bonds. The third kappa shape index (κ3) is 2.54. The molecule has 0 saturated carbocycles. The number of piperidine rings is 1. The molecule has 0 radical (unpaired) electrons. The van der Waals surface area contributed by atoms with Gasteiger partial charge in [-0.2, -0.15) is 0 Å². The minimum absolute atomic E-state index is 0.249. The van der Waals surface area contributed by atoms with Crippen molar-refractivity contribution in [1.29, 1.82) is 0 Å². The summed E-state index contributed by atoms with van der Waals surface area (Å²) >= 11 is 0. The van der Waals surface area contributed by atoms with Crippen LogP contribution in [0.15, 0.2) is 33.6 Å². The molecule has 1 fully saturated rings. The van der Waals surface area contributed by atoms with Gasteiger partial charge in [0.05, 0.1) is 6.20 Å². The zero-order valence-corrected chi connectivity index (χ0v) is 11.4. The van der Waals surface area contributed by atoms with Crippen molar-refractivity contribution in [3.63, 3.8) is 0 Å². The molecule has 1 aromatic carbocycles. The zero-order chi connectivity index (χ0) is 14.1. The van der Waals surface area contributed by atoms with Gasteiger partial charge in [-0.1, -0.05) is 0 Å². The van der Waals surface area contributed by atoms with Gasteiger partial charge >= 0.3 is 5.76 Å². The van der Waals surface area contributed by atoms with Crippen LogP contribution in [0.25, 0.3) is 11.3 Å². The summed E-state index contributed by atoms with van der Waals surface area (Å²) < 4.78 is 18.7. The number of oxazole rings is 1. The number of H-pyrrole nitrogens is 1. The average Bonchev–Trinajstić information content (AvgIpc) is 2.86. The molecule has 0 aliphatic carbocycles. The maximum Gasteiger partial charge on any atom is 0.416 e. The molecule has 1 aliphatic heterocycles. The van der Waals surface area contributed by atoms with Crippen molar-refractivity contribution in [2.75, 3.05) is 20.1 Å². The number of nitrogens with one attached hydrogen (secondary N) is 1. The van der Waals surface area contributed by atoms with Crippen LogP contribution in [0.3, 0.4) is 0 Å². The topological polar surface area (TPSA) is 49.2 Å². The summed E-state index contributed by atoms with van der Waals surface area (Å²) in [5.41, 5.74) is 1.74. The van der Waals surface area contributed by atoms with Gasteiger partial charge in [-0.05, 0) is 62.7 Å². The summed E-state index contributed by atoms with van der Waals surface area (Å²) in [4.78, 5) is 15.9. The fourth-order valence-electron chi connectivity index (χ4n) is 2.83. The van der Waals surface area contributed by atoms with E-state index in [2.05, 4.69) is 16.9 Å². The summed E-state index contributed by atoms with van der Waals surface area (Å²) in [6.45, 7) is 2.00. The lowest BCUT2D eigenvalue weighted by atomic mass is 9.86. The molecule has 3 rings (SSSR count). The molecule has 106 valence electrons. The van der Waals surface area contributed by atoms with Gasteiger partial charge < -0.3 is 9.32 Å². The smallest absolute Gasteiger partial charge is 0.408 e. The van der Waals surface area contributed by atoms with Gasteiger partial charge in [0.2, 0.25) is 0 Å². The molecular formula is C15H17FN2O2. The predicted octanol–water partition coefficient (Wildman–Crippen LogP) is 2.58. The molecule has 4 nitrogen and oxygen atoms in total. The van der Waals surface area contributed by atoms with Crippen molar-refractivity contribution >= 4 is 0 Å². The van der Waals surface area contributed by atoms with Crippen molar-refractivity contribution in [2.45, 2.75) is 18.8 Å². The van der Waals surface area contributed by atoms with E-state index in [0.717, 1.165) is 37.1 Å². The minimum atomic E-state index is -0.487.